The minimum Gasteiger partial charge on any atom is -0.369 e. The van der Waals surface area contributed by atoms with Crippen molar-refractivity contribution in [2.24, 2.45) is 5.92 Å². The van der Waals surface area contributed by atoms with E-state index in [1.54, 1.807) is 12.1 Å². The van der Waals surface area contributed by atoms with Crippen LogP contribution in [0.1, 0.15) is 18.4 Å². The summed E-state index contributed by atoms with van der Waals surface area (Å²) in [5, 5.41) is 19.9. The molecule has 1 aliphatic heterocycles. The fraction of sp³-hybridized carbons (Fsp3) is 0.533. The van der Waals surface area contributed by atoms with E-state index in [9.17, 15) is 10.1 Å². The number of hydrogen-bond acceptors (Lipinski definition) is 5. The van der Waals surface area contributed by atoms with Crippen LogP contribution in [0.3, 0.4) is 0 Å². The summed E-state index contributed by atoms with van der Waals surface area (Å²) in [6, 6.07) is 6.73. The molecule has 1 aliphatic carbocycles. The second-order valence-electron chi connectivity index (χ2n) is 5.80. The van der Waals surface area contributed by atoms with E-state index in [-0.39, 0.29) is 11.3 Å². The molecule has 0 radical (unpaired) electrons. The molecule has 0 amide bonds. The van der Waals surface area contributed by atoms with Gasteiger partial charge in [0.05, 0.1) is 4.92 Å². The third kappa shape index (κ3) is 3.14. The van der Waals surface area contributed by atoms with E-state index in [1.165, 1.54) is 25.5 Å². The van der Waals surface area contributed by atoms with Crippen molar-refractivity contribution in [1.29, 1.82) is 5.26 Å². The van der Waals surface area contributed by atoms with E-state index < -0.39 is 4.92 Å². The fourth-order valence-electron chi connectivity index (χ4n) is 2.82. The summed E-state index contributed by atoms with van der Waals surface area (Å²) in [5.41, 5.74) is 0.926. The summed E-state index contributed by atoms with van der Waals surface area (Å²) >= 11 is 0. The molecule has 1 saturated heterocycles. The first-order valence-electron chi connectivity index (χ1n) is 7.33. The van der Waals surface area contributed by atoms with Crippen molar-refractivity contribution in [1.82, 2.24) is 4.90 Å². The highest BCUT2D eigenvalue weighted by atomic mass is 16.6. The first-order chi connectivity index (χ1) is 10.2. The Hall–Kier alpha value is -2.13. The lowest BCUT2D eigenvalue weighted by Gasteiger charge is -2.36. The zero-order chi connectivity index (χ0) is 14.8. The van der Waals surface area contributed by atoms with E-state index in [1.807, 2.05) is 6.07 Å². The Bertz CT molecular complexity index is 584. The summed E-state index contributed by atoms with van der Waals surface area (Å²) in [5.74, 6) is 0.904. The van der Waals surface area contributed by atoms with Gasteiger partial charge in [0.2, 0.25) is 0 Å². The SMILES string of the molecule is N#Cc1cc(N2CCN(CC3CC3)CC2)ccc1[N+](=O)[O-]. The number of rotatable bonds is 4. The molecule has 0 unspecified atom stereocenters. The smallest absolute Gasteiger partial charge is 0.287 e. The van der Waals surface area contributed by atoms with Gasteiger partial charge >= 0.3 is 0 Å². The van der Waals surface area contributed by atoms with Crippen molar-refractivity contribution in [3.05, 3.63) is 33.9 Å². The van der Waals surface area contributed by atoms with Gasteiger partial charge in [-0.25, -0.2) is 0 Å². The van der Waals surface area contributed by atoms with E-state index in [0.717, 1.165) is 37.8 Å². The molecular weight excluding hydrogens is 268 g/mol. The molecule has 6 heteroatoms. The number of nitrogens with zero attached hydrogens (tertiary/aromatic N) is 4. The Morgan fingerprint density at radius 1 is 1.29 bits per heavy atom. The second kappa shape index (κ2) is 5.70. The topological polar surface area (TPSA) is 73.4 Å². The first kappa shape index (κ1) is 13.8. The highest BCUT2D eigenvalue weighted by Gasteiger charge is 2.26. The zero-order valence-electron chi connectivity index (χ0n) is 11.9. The van der Waals surface area contributed by atoms with Gasteiger partial charge in [-0.05, 0) is 30.9 Å². The Morgan fingerprint density at radius 3 is 2.57 bits per heavy atom. The van der Waals surface area contributed by atoms with Crippen LogP contribution in [0.4, 0.5) is 11.4 Å². The average Bonchev–Trinajstić information content (AvgIpc) is 3.31. The van der Waals surface area contributed by atoms with Gasteiger partial charge in [0, 0.05) is 44.5 Å². The molecular formula is C15H18N4O2. The Balaban J connectivity index is 1.67. The predicted octanol–water partition coefficient (Wildman–Crippen LogP) is 2.00. The maximum atomic E-state index is 10.9. The molecule has 2 fully saturated rings. The van der Waals surface area contributed by atoms with Crippen molar-refractivity contribution < 1.29 is 4.92 Å². The minimum atomic E-state index is -0.504. The van der Waals surface area contributed by atoms with Gasteiger partial charge in [0.15, 0.2) is 0 Å². The molecule has 1 aromatic rings. The maximum Gasteiger partial charge on any atom is 0.287 e. The highest BCUT2D eigenvalue weighted by molar-refractivity contribution is 5.60. The Kier molecular flexibility index (Phi) is 3.76. The molecule has 0 atom stereocenters. The van der Waals surface area contributed by atoms with Crippen LogP contribution in [0.15, 0.2) is 18.2 Å². The zero-order valence-corrected chi connectivity index (χ0v) is 11.9. The van der Waals surface area contributed by atoms with Gasteiger partial charge in [-0.3, -0.25) is 15.0 Å². The van der Waals surface area contributed by atoms with Crippen LogP contribution >= 0.6 is 0 Å². The number of piperazine rings is 1. The quantitative estimate of drug-likeness (QED) is 0.625. The van der Waals surface area contributed by atoms with Crippen molar-refractivity contribution in [2.75, 3.05) is 37.6 Å². The molecule has 1 saturated carbocycles. The van der Waals surface area contributed by atoms with Crippen LogP contribution < -0.4 is 4.90 Å². The third-order valence-electron chi connectivity index (χ3n) is 4.25. The number of benzene rings is 1. The van der Waals surface area contributed by atoms with Gasteiger partial charge in [0.25, 0.3) is 5.69 Å². The summed E-state index contributed by atoms with van der Waals surface area (Å²) in [4.78, 5) is 15.0. The molecule has 3 rings (SSSR count). The summed E-state index contributed by atoms with van der Waals surface area (Å²) < 4.78 is 0. The third-order valence-corrected chi connectivity index (χ3v) is 4.25. The standard InChI is InChI=1S/C15H18N4O2/c16-10-13-9-14(3-4-15(13)19(20)21)18-7-5-17(6-8-18)11-12-1-2-12/h3-4,9,12H,1-2,5-8,11H2. The minimum absolute atomic E-state index is 0.117. The van der Waals surface area contributed by atoms with Crippen LogP contribution in [-0.4, -0.2) is 42.5 Å². The van der Waals surface area contributed by atoms with Gasteiger partial charge in [0.1, 0.15) is 11.6 Å². The fourth-order valence-corrected chi connectivity index (χ4v) is 2.82. The van der Waals surface area contributed by atoms with Gasteiger partial charge in [-0.1, -0.05) is 0 Å². The largest absolute Gasteiger partial charge is 0.369 e. The normalized spacial score (nSPS) is 19.3. The van der Waals surface area contributed by atoms with Crippen LogP contribution in [0, 0.1) is 27.4 Å². The lowest BCUT2D eigenvalue weighted by Crippen LogP contribution is -2.47. The summed E-state index contributed by atoms with van der Waals surface area (Å²) in [6.45, 7) is 5.08. The number of hydrogen-bond donors (Lipinski definition) is 0. The van der Waals surface area contributed by atoms with Gasteiger partial charge in [-0.15, -0.1) is 0 Å². The predicted molar refractivity (Wildman–Crippen MR) is 79.2 cm³/mol. The van der Waals surface area contributed by atoms with Crippen LogP contribution in [0.5, 0.6) is 0 Å². The van der Waals surface area contributed by atoms with Crippen molar-refractivity contribution in [3.63, 3.8) is 0 Å². The highest BCUT2D eigenvalue weighted by Crippen LogP contribution is 2.30. The molecule has 0 spiro atoms. The lowest BCUT2D eigenvalue weighted by atomic mass is 10.1. The second-order valence-corrected chi connectivity index (χ2v) is 5.80. The first-order valence-corrected chi connectivity index (χ1v) is 7.33. The maximum absolute atomic E-state index is 10.9. The van der Waals surface area contributed by atoms with Gasteiger partial charge < -0.3 is 4.90 Å². The van der Waals surface area contributed by atoms with E-state index in [2.05, 4.69) is 9.80 Å². The number of nitro benzene ring substituents is 1. The number of nitriles is 1. The monoisotopic (exact) mass is 286 g/mol. The molecule has 2 aliphatic rings. The summed E-state index contributed by atoms with van der Waals surface area (Å²) in [7, 11) is 0. The lowest BCUT2D eigenvalue weighted by molar-refractivity contribution is -0.385. The molecule has 6 nitrogen and oxygen atoms in total. The number of anilines is 1. The van der Waals surface area contributed by atoms with Crippen LogP contribution in [0.25, 0.3) is 0 Å². The van der Waals surface area contributed by atoms with Crippen molar-refractivity contribution in [3.8, 4) is 6.07 Å². The molecule has 0 N–H and O–H groups in total. The van der Waals surface area contributed by atoms with E-state index >= 15 is 0 Å². The number of nitro groups is 1. The average molecular weight is 286 g/mol. The summed E-state index contributed by atoms with van der Waals surface area (Å²) in [6.07, 6.45) is 2.74. The van der Waals surface area contributed by atoms with Gasteiger partial charge in [-0.2, -0.15) is 5.26 Å². The van der Waals surface area contributed by atoms with E-state index in [0.29, 0.717) is 0 Å². The molecule has 0 aromatic heterocycles. The van der Waals surface area contributed by atoms with Crippen molar-refractivity contribution >= 4 is 11.4 Å². The Labute approximate surface area is 123 Å². The van der Waals surface area contributed by atoms with Crippen LogP contribution in [0.2, 0.25) is 0 Å². The molecule has 1 heterocycles. The Morgan fingerprint density at radius 2 is 2.00 bits per heavy atom. The van der Waals surface area contributed by atoms with Crippen LogP contribution in [-0.2, 0) is 0 Å². The molecule has 21 heavy (non-hydrogen) atoms. The molecule has 1 aromatic carbocycles. The van der Waals surface area contributed by atoms with Crippen molar-refractivity contribution in [2.45, 2.75) is 12.8 Å². The van der Waals surface area contributed by atoms with E-state index in [4.69, 9.17) is 5.26 Å². The molecule has 110 valence electrons. The molecule has 0 bridgehead atoms.